The van der Waals surface area contributed by atoms with Crippen molar-refractivity contribution in [2.75, 3.05) is 5.43 Å². The predicted octanol–water partition coefficient (Wildman–Crippen LogP) is 1.49. The van der Waals surface area contributed by atoms with Gasteiger partial charge in [0.2, 0.25) is 0 Å². The van der Waals surface area contributed by atoms with Crippen molar-refractivity contribution in [1.82, 2.24) is 19.9 Å². The molecule has 0 amide bonds. The quantitative estimate of drug-likeness (QED) is 0.480. The van der Waals surface area contributed by atoms with Gasteiger partial charge in [-0.15, -0.1) is 0 Å². The van der Waals surface area contributed by atoms with Crippen LogP contribution in [-0.4, -0.2) is 19.9 Å². The van der Waals surface area contributed by atoms with E-state index in [0.717, 1.165) is 48.5 Å². The zero-order chi connectivity index (χ0) is 13.1. The standard InChI is InChI=1S/C13H16N6/c14-19-12-9-4-2-1-3-5-10(9)17-13(18-12)11-6-7-15-8-16-11/h6-8H,1-5,14H2,(H,17,18,19). The normalized spacial score (nSPS) is 14.6. The molecule has 3 N–H and O–H groups in total. The molecule has 0 atom stereocenters. The Balaban J connectivity index is 2.10. The lowest BCUT2D eigenvalue weighted by Crippen LogP contribution is -2.14. The molecular weight excluding hydrogens is 240 g/mol. The van der Waals surface area contributed by atoms with E-state index >= 15 is 0 Å². The topological polar surface area (TPSA) is 89.6 Å². The van der Waals surface area contributed by atoms with Crippen LogP contribution in [0.2, 0.25) is 0 Å². The molecule has 0 radical (unpaired) electrons. The Labute approximate surface area is 111 Å². The molecule has 19 heavy (non-hydrogen) atoms. The first-order chi connectivity index (χ1) is 9.38. The molecule has 6 heteroatoms. The maximum atomic E-state index is 5.60. The Bertz CT molecular complexity index is 569. The van der Waals surface area contributed by atoms with Crippen molar-refractivity contribution in [3.05, 3.63) is 29.8 Å². The van der Waals surface area contributed by atoms with E-state index in [-0.39, 0.29) is 0 Å². The SMILES string of the molecule is NNc1nc(-c2ccncn2)nc2c1CCCCC2. The van der Waals surface area contributed by atoms with E-state index in [9.17, 15) is 0 Å². The first-order valence-electron chi connectivity index (χ1n) is 6.51. The van der Waals surface area contributed by atoms with Crippen LogP contribution in [-0.2, 0) is 12.8 Å². The van der Waals surface area contributed by atoms with Crippen molar-refractivity contribution in [3.63, 3.8) is 0 Å². The number of hydrazine groups is 1. The van der Waals surface area contributed by atoms with Crippen LogP contribution in [0.25, 0.3) is 11.5 Å². The molecule has 6 nitrogen and oxygen atoms in total. The fraction of sp³-hybridized carbons (Fsp3) is 0.385. The summed E-state index contributed by atoms with van der Waals surface area (Å²) in [4.78, 5) is 17.2. The first-order valence-corrected chi connectivity index (χ1v) is 6.51. The summed E-state index contributed by atoms with van der Waals surface area (Å²) in [7, 11) is 0. The Morgan fingerprint density at radius 2 is 2.00 bits per heavy atom. The molecule has 1 aliphatic carbocycles. The van der Waals surface area contributed by atoms with Gasteiger partial charge in [-0.1, -0.05) is 6.42 Å². The van der Waals surface area contributed by atoms with Crippen LogP contribution in [0.3, 0.4) is 0 Å². The van der Waals surface area contributed by atoms with Crippen LogP contribution in [0, 0.1) is 0 Å². The predicted molar refractivity (Wildman–Crippen MR) is 72.1 cm³/mol. The number of nitrogen functional groups attached to an aromatic ring is 1. The largest absolute Gasteiger partial charge is 0.308 e. The minimum atomic E-state index is 0.607. The van der Waals surface area contributed by atoms with E-state index in [1.54, 1.807) is 12.3 Å². The molecule has 2 aromatic heterocycles. The van der Waals surface area contributed by atoms with Crippen LogP contribution in [0.1, 0.15) is 30.5 Å². The van der Waals surface area contributed by atoms with E-state index in [1.807, 2.05) is 0 Å². The van der Waals surface area contributed by atoms with Gasteiger partial charge in [0, 0.05) is 17.5 Å². The highest BCUT2D eigenvalue weighted by molar-refractivity contribution is 5.56. The van der Waals surface area contributed by atoms with Crippen LogP contribution in [0.4, 0.5) is 5.82 Å². The van der Waals surface area contributed by atoms with Crippen molar-refractivity contribution in [2.45, 2.75) is 32.1 Å². The smallest absolute Gasteiger partial charge is 0.180 e. The second-order valence-electron chi connectivity index (χ2n) is 4.62. The van der Waals surface area contributed by atoms with Crippen LogP contribution in [0.15, 0.2) is 18.6 Å². The molecule has 0 bridgehead atoms. The Morgan fingerprint density at radius 1 is 1.11 bits per heavy atom. The van der Waals surface area contributed by atoms with Gasteiger partial charge in [-0.2, -0.15) is 0 Å². The van der Waals surface area contributed by atoms with Gasteiger partial charge in [-0.25, -0.2) is 25.8 Å². The number of nitrogens with zero attached hydrogens (tertiary/aromatic N) is 4. The molecule has 3 rings (SSSR count). The second-order valence-corrected chi connectivity index (χ2v) is 4.62. The third-order valence-corrected chi connectivity index (χ3v) is 3.38. The molecule has 98 valence electrons. The summed E-state index contributed by atoms with van der Waals surface area (Å²) in [6.45, 7) is 0. The average Bonchev–Trinajstić information content (AvgIpc) is 2.72. The number of hydrogen-bond donors (Lipinski definition) is 2. The van der Waals surface area contributed by atoms with Crippen LogP contribution < -0.4 is 11.3 Å². The lowest BCUT2D eigenvalue weighted by molar-refractivity contribution is 0.709. The number of rotatable bonds is 2. The fourth-order valence-corrected chi connectivity index (χ4v) is 2.43. The third-order valence-electron chi connectivity index (χ3n) is 3.38. The molecule has 2 heterocycles. The number of anilines is 1. The lowest BCUT2D eigenvalue weighted by atomic mass is 10.1. The number of nitrogens with one attached hydrogen (secondary N) is 1. The molecule has 2 aromatic rings. The molecule has 0 fully saturated rings. The summed E-state index contributed by atoms with van der Waals surface area (Å²) < 4.78 is 0. The van der Waals surface area contributed by atoms with Gasteiger partial charge < -0.3 is 5.43 Å². The molecule has 0 saturated carbocycles. The van der Waals surface area contributed by atoms with Crippen molar-refractivity contribution >= 4 is 5.82 Å². The molecule has 0 spiro atoms. The summed E-state index contributed by atoms with van der Waals surface area (Å²) in [6.07, 6.45) is 8.70. The van der Waals surface area contributed by atoms with Crippen molar-refractivity contribution in [2.24, 2.45) is 5.84 Å². The molecule has 1 aliphatic rings. The minimum absolute atomic E-state index is 0.607. The summed E-state index contributed by atoms with van der Waals surface area (Å²) in [5, 5.41) is 0. The number of fused-ring (bicyclic) bond motifs is 1. The highest BCUT2D eigenvalue weighted by Crippen LogP contribution is 2.26. The van der Waals surface area contributed by atoms with Gasteiger partial charge in [0.15, 0.2) is 5.82 Å². The van der Waals surface area contributed by atoms with E-state index in [1.165, 1.54) is 12.7 Å². The Hall–Kier alpha value is -2.08. The molecule has 0 unspecified atom stereocenters. The molecular formula is C13H16N6. The number of aryl methyl sites for hydroxylation is 1. The Morgan fingerprint density at radius 3 is 2.79 bits per heavy atom. The maximum absolute atomic E-state index is 5.60. The maximum Gasteiger partial charge on any atom is 0.180 e. The number of hydrogen-bond acceptors (Lipinski definition) is 6. The zero-order valence-corrected chi connectivity index (χ0v) is 10.6. The third kappa shape index (κ3) is 2.39. The summed E-state index contributed by atoms with van der Waals surface area (Å²) >= 11 is 0. The lowest BCUT2D eigenvalue weighted by Gasteiger charge is -2.12. The number of nitrogens with two attached hydrogens (primary N) is 1. The minimum Gasteiger partial charge on any atom is -0.308 e. The highest BCUT2D eigenvalue weighted by Gasteiger charge is 2.17. The van der Waals surface area contributed by atoms with E-state index in [4.69, 9.17) is 5.84 Å². The fourth-order valence-electron chi connectivity index (χ4n) is 2.43. The molecule has 0 saturated heterocycles. The van der Waals surface area contributed by atoms with E-state index < -0.39 is 0 Å². The van der Waals surface area contributed by atoms with Crippen molar-refractivity contribution in [3.8, 4) is 11.5 Å². The Kier molecular flexibility index (Phi) is 3.33. The zero-order valence-electron chi connectivity index (χ0n) is 10.6. The summed E-state index contributed by atoms with van der Waals surface area (Å²) in [5.74, 6) is 6.93. The van der Waals surface area contributed by atoms with Crippen LogP contribution in [0.5, 0.6) is 0 Å². The van der Waals surface area contributed by atoms with E-state index in [0.29, 0.717) is 5.82 Å². The summed E-state index contributed by atoms with van der Waals surface area (Å²) in [5.41, 5.74) is 5.66. The number of aromatic nitrogens is 4. The van der Waals surface area contributed by atoms with Gasteiger partial charge >= 0.3 is 0 Å². The van der Waals surface area contributed by atoms with Crippen LogP contribution >= 0.6 is 0 Å². The van der Waals surface area contributed by atoms with Gasteiger partial charge in [-0.3, -0.25) is 0 Å². The summed E-state index contributed by atoms with van der Waals surface area (Å²) in [6, 6.07) is 1.80. The van der Waals surface area contributed by atoms with Gasteiger partial charge in [-0.05, 0) is 31.7 Å². The second kappa shape index (κ2) is 5.27. The van der Waals surface area contributed by atoms with Gasteiger partial charge in [0.05, 0.1) is 0 Å². The van der Waals surface area contributed by atoms with Crippen molar-refractivity contribution < 1.29 is 0 Å². The monoisotopic (exact) mass is 256 g/mol. The first kappa shape index (κ1) is 12.0. The van der Waals surface area contributed by atoms with Crippen molar-refractivity contribution in [1.29, 1.82) is 0 Å². The highest BCUT2D eigenvalue weighted by atomic mass is 15.3. The molecule has 0 aromatic carbocycles. The average molecular weight is 256 g/mol. The van der Waals surface area contributed by atoms with E-state index in [2.05, 4.69) is 25.4 Å². The van der Waals surface area contributed by atoms with Gasteiger partial charge in [0.1, 0.15) is 17.8 Å². The van der Waals surface area contributed by atoms with Gasteiger partial charge in [0.25, 0.3) is 0 Å². The molecule has 0 aliphatic heterocycles.